The summed E-state index contributed by atoms with van der Waals surface area (Å²) in [5, 5.41) is 3.51. The molecule has 0 saturated heterocycles. The highest BCUT2D eigenvalue weighted by Crippen LogP contribution is 2.16. The smallest absolute Gasteiger partial charge is 0.00143 e. The van der Waals surface area contributed by atoms with Gasteiger partial charge in [0.2, 0.25) is 0 Å². The maximum Gasteiger partial charge on any atom is -0.00143 e. The van der Waals surface area contributed by atoms with Gasteiger partial charge in [0.15, 0.2) is 0 Å². The molecule has 0 amide bonds. The zero-order chi connectivity index (χ0) is 15.1. The molecule has 0 aromatic heterocycles. The summed E-state index contributed by atoms with van der Waals surface area (Å²) in [6.45, 7) is 8.59. The van der Waals surface area contributed by atoms with Crippen LogP contribution in [0.2, 0.25) is 0 Å². The number of benzene rings is 2. The average Bonchev–Trinajstić information content (AvgIpc) is 2.49. The van der Waals surface area contributed by atoms with Gasteiger partial charge in [-0.3, -0.25) is 0 Å². The van der Waals surface area contributed by atoms with Gasteiger partial charge in [0, 0.05) is 0 Å². The molecule has 0 fully saturated rings. The quantitative estimate of drug-likeness (QED) is 0.797. The average molecular weight is 281 g/mol. The van der Waals surface area contributed by atoms with Crippen molar-refractivity contribution < 1.29 is 0 Å². The zero-order valence-corrected chi connectivity index (χ0v) is 13.5. The first kappa shape index (κ1) is 15.8. The van der Waals surface area contributed by atoms with Gasteiger partial charge in [0.1, 0.15) is 0 Å². The minimum Gasteiger partial charge on any atom is -0.317 e. The van der Waals surface area contributed by atoms with Gasteiger partial charge < -0.3 is 5.32 Å². The predicted octanol–water partition coefficient (Wildman–Crippen LogP) is 4.31. The second-order valence-corrected chi connectivity index (χ2v) is 6.05. The predicted molar refractivity (Wildman–Crippen MR) is 91.8 cm³/mol. The van der Waals surface area contributed by atoms with E-state index in [0.717, 1.165) is 25.9 Å². The summed E-state index contributed by atoms with van der Waals surface area (Å²) >= 11 is 0. The lowest BCUT2D eigenvalue weighted by molar-refractivity contribution is 0.478. The number of nitrogens with one attached hydrogen (secondary N) is 1. The third kappa shape index (κ3) is 5.35. The van der Waals surface area contributed by atoms with Crippen molar-refractivity contribution in [3.05, 3.63) is 70.8 Å². The summed E-state index contributed by atoms with van der Waals surface area (Å²) in [6.07, 6.45) is 2.28. The first-order valence-electron chi connectivity index (χ1n) is 7.99. The Labute approximate surface area is 129 Å². The second-order valence-electron chi connectivity index (χ2n) is 6.05. The highest BCUT2D eigenvalue weighted by Gasteiger charge is 2.10. The van der Waals surface area contributed by atoms with Gasteiger partial charge in [-0.1, -0.05) is 66.6 Å². The van der Waals surface area contributed by atoms with Crippen LogP contribution in [0.5, 0.6) is 0 Å². The highest BCUT2D eigenvalue weighted by molar-refractivity contribution is 5.24. The van der Waals surface area contributed by atoms with E-state index in [4.69, 9.17) is 0 Å². The summed E-state index contributed by atoms with van der Waals surface area (Å²) < 4.78 is 0. The van der Waals surface area contributed by atoms with Crippen LogP contribution in [0, 0.1) is 19.8 Å². The van der Waals surface area contributed by atoms with Crippen molar-refractivity contribution in [1.29, 1.82) is 0 Å². The van der Waals surface area contributed by atoms with Gasteiger partial charge in [0.25, 0.3) is 0 Å². The summed E-state index contributed by atoms with van der Waals surface area (Å²) in [4.78, 5) is 0. The molecule has 0 aliphatic rings. The number of rotatable bonds is 7. The highest BCUT2D eigenvalue weighted by atomic mass is 14.8. The molecule has 0 spiro atoms. The Hall–Kier alpha value is -1.60. The second kappa shape index (κ2) is 7.99. The maximum atomic E-state index is 3.51. The maximum absolute atomic E-state index is 3.51. The van der Waals surface area contributed by atoms with E-state index in [2.05, 4.69) is 74.6 Å². The van der Waals surface area contributed by atoms with Gasteiger partial charge >= 0.3 is 0 Å². The molecule has 0 bridgehead atoms. The van der Waals surface area contributed by atoms with Gasteiger partial charge in [0.05, 0.1) is 0 Å². The van der Waals surface area contributed by atoms with Crippen LogP contribution in [0.15, 0.2) is 48.5 Å². The molecule has 0 atom stereocenters. The molecule has 1 nitrogen and oxygen atoms in total. The Kier molecular flexibility index (Phi) is 6.01. The van der Waals surface area contributed by atoms with E-state index in [-0.39, 0.29) is 0 Å². The Bertz CT molecular complexity index is 477. The Balaban J connectivity index is 2.02. The largest absolute Gasteiger partial charge is 0.317 e. The van der Waals surface area contributed by atoms with Gasteiger partial charge in [-0.15, -0.1) is 0 Å². The SMILES string of the molecule is CCNCC(Cc1ccc(C)cc1)Cc1ccc(C)cc1. The lowest BCUT2D eigenvalue weighted by atomic mass is 9.92. The van der Waals surface area contributed by atoms with E-state index in [1.807, 2.05) is 0 Å². The van der Waals surface area contributed by atoms with Crippen molar-refractivity contribution in [2.45, 2.75) is 33.6 Å². The van der Waals surface area contributed by atoms with E-state index in [9.17, 15) is 0 Å². The summed E-state index contributed by atoms with van der Waals surface area (Å²) in [5.74, 6) is 0.648. The van der Waals surface area contributed by atoms with Gasteiger partial charge in [-0.2, -0.15) is 0 Å². The first-order valence-corrected chi connectivity index (χ1v) is 7.99. The molecular formula is C20H27N. The van der Waals surface area contributed by atoms with Crippen LogP contribution in [0.4, 0.5) is 0 Å². The third-order valence-electron chi connectivity index (χ3n) is 3.97. The molecule has 0 heterocycles. The van der Waals surface area contributed by atoms with Crippen LogP contribution in [-0.2, 0) is 12.8 Å². The third-order valence-corrected chi connectivity index (χ3v) is 3.97. The molecule has 2 aromatic rings. The molecule has 0 unspecified atom stereocenters. The molecule has 2 aromatic carbocycles. The van der Waals surface area contributed by atoms with Gasteiger partial charge in [-0.05, 0) is 56.8 Å². The molecule has 21 heavy (non-hydrogen) atoms. The first-order chi connectivity index (χ1) is 10.2. The van der Waals surface area contributed by atoms with E-state index in [0.29, 0.717) is 5.92 Å². The summed E-state index contributed by atoms with van der Waals surface area (Å²) in [7, 11) is 0. The Morgan fingerprint density at radius 1 is 0.762 bits per heavy atom. The van der Waals surface area contributed by atoms with Gasteiger partial charge in [-0.25, -0.2) is 0 Å². The fourth-order valence-corrected chi connectivity index (χ4v) is 2.68. The Morgan fingerprint density at radius 3 is 1.57 bits per heavy atom. The standard InChI is InChI=1S/C20H27N/c1-4-21-15-20(13-18-9-5-16(2)6-10-18)14-19-11-7-17(3)8-12-19/h5-12,20-21H,4,13-15H2,1-3H3. The zero-order valence-electron chi connectivity index (χ0n) is 13.5. The topological polar surface area (TPSA) is 12.0 Å². The van der Waals surface area contributed by atoms with Crippen molar-refractivity contribution in [1.82, 2.24) is 5.32 Å². The van der Waals surface area contributed by atoms with E-state index >= 15 is 0 Å². The van der Waals surface area contributed by atoms with Crippen LogP contribution < -0.4 is 5.32 Å². The molecule has 112 valence electrons. The molecule has 0 saturated carbocycles. The molecular weight excluding hydrogens is 254 g/mol. The van der Waals surface area contributed by atoms with Crippen LogP contribution in [0.1, 0.15) is 29.2 Å². The van der Waals surface area contributed by atoms with Crippen molar-refractivity contribution in [2.24, 2.45) is 5.92 Å². The number of hydrogen-bond acceptors (Lipinski definition) is 1. The summed E-state index contributed by atoms with van der Waals surface area (Å²) in [6, 6.07) is 17.9. The van der Waals surface area contributed by atoms with Crippen molar-refractivity contribution in [3.8, 4) is 0 Å². The molecule has 1 heteroatoms. The van der Waals surface area contributed by atoms with E-state index < -0.39 is 0 Å². The van der Waals surface area contributed by atoms with E-state index in [1.54, 1.807) is 0 Å². The van der Waals surface area contributed by atoms with Crippen LogP contribution in [-0.4, -0.2) is 13.1 Å². The van der Waals surface area contributed by atoms with Crippen molar-refractivity contribution in [3.63, 3.8) is 0 Å². The molecule has 0 aliphatic heterocycles. The molecule has 1 N–H and O–H groups in total. The lowest BCUT2D eigenvalue weighted by Crippen LogP contribution is -2.25. The number of hydrogen-bond donors (Lipinski definition) is 1. The fraction of sp³-hybridized carbons (Fsp3) is 0.400. The minimum absolute atomic E-state index is 0.648. The van der Waals surface area contributed by atoms with Crippen LogP contribution in [0.3, 0.4) is 0 Å². The Morgan fingerprint density at radius 2 is 1.19 bits per heavy atom. The van der Waals surface area contributed by atoms with Crippen molar-refractivity contribution in [2.75, 3.05) is 13.1 Å². The van der Waals surface area contributed by atoms with Crippen molar-refractivity contribution >= 4 is 0 Å². The molecule has 0 aliphatic carbocycles. The van der Waals surface area contributed by atoms with E-state index in [1.165, 1.54) is 22.3 Å². The minimum atomic E-state index is 0.648. The monoisotopic (exact) mass is 281 g/mol. The van der Waals surface area contributed by atoms with Crippen LogP contribution in [0.25, 0.3) is 0 Å². The number of aryl methyl sites for hydroxylation is 2. The normalized spacial score (nSPS) is 11.0. The fourth-order valence-electron chi connectivity index (χ4n) is 2.68. The lowest BCUT2D eigenvalue weighted by Gasteiger charge is -2.18. The summed E-state index contributed by atoms with van der Waals surface area (Å²) in [5.41, 5.74) is 5.55. The van der Waals surface area contributed by atoms with Crippen LogP contribution >= 0.6 is 0 Å². The molecule has 2 rings (SSSR count). The molecule has 0 radical (unpaired) electrons.